The molecule has 0 saturated carbocycles. The second kappa shape index (κ2) is 7.89. The fraction of sp³-hybridized carbons (Fsp3) is 0.263. The topological polar surface area (TPSA) is 120 Å². The van der Waals surface area contributed by atoms with E-state index < -0.39 is 16.4 Å². The normalized spacial score (nSPS) is 18.9. The Balaban J connectivity index is 1.85. The summed E-state index contributed by atoms with van der Waals surface area (Å²) in [6, 6.07) is 11.5. The van der Waals surface area contributed by atoms with Crippen molar-refractivity contribution >= 4 is 34.2 Å². The van der Waals surface area contributed by atoms with Gasteiger partial charge >= 0.3 is 5.69 Å². The zero-order valence-electron chi connectivity index (χ0n) is 15.5. The van der Waals surface area contributed by atoms with E-state index in [1.165, 1.54) is 37.1 Å². The SMILES string of the molecule is COc1ccc(C(=O)Nc2cccc(C3(C)CCSC(N)=N3)c2)cc1[N+](=O)[O-]. The summed E-state index contributed by atoms with van der Waals surface area (Å²) in [5.41, 5.74) is 6.85. The van der Waals surface area contributed by atoms with Gasteiger partial charge in [0, 0.05) is 23.1 Å². The van der Waals surface area contributed by atoms with Gasteiger partial charge in [0.15, 0.2) is 10.9 Å². The third-order valence-corrected chi connectivity index (χ3v) is 5.37. The van der Waals surface area contributed by atoms with Gasteiger partial charge in [0.05, 0.1) is 17.6 Å². The van der Waals surface area contributed by atoms with Crippen molar-refractivity contribution in [3.63, 3.8) is 0 Å². The largest absolute Gasteiger partial charge is 0.490 e. The molecule has 3 N–H and O–H groups in total. The van der Waals surface area contributed by atoms with Gasteiger partial charge in [-0.15, -0.1) is 0 Å². The number of ether oxygens (including phenoxy) is 1. The molecule has 1 unspecified atom stereocenters. The van der Waals surface area contributed by atoms with Gasteiger partial charge < -0.3 is 15.8 Å². The molecular weight excluding hydrogens is 380 g/mol. The minimum absolute atomic E-state index is 0.0992. The number of thioether (sulfide) groups is 1. The van der Waals surface area contributed by atoms with Gasteiger partial charge in [-0.3, -0.25) is 19.9 Å². The number of hydrogen-bond acceptors (Lipinski definition) is 7. The number of carbonyl (C=O) groups is 1. The Bertz CT molecular complexity index is 963. The van der Waals surface area contributed by atoms with Crippen molar-refractivity contribution < 1.29 is 14.5 Å². The van der Waals surface area contributed by atoms with E-state index in [0.29, 0.717) is 10.9 Å². The molecule has 0 saturated heterocycles. The van der Waals surface area contributed by atoms with Gasteiger partial charge in [0.2, 0.25) is 0 Å². The molecule has 1 heterocycles. The van der Waals surface area contributed by atoms with E-state index in [1.54, 1.807) is 6.07 Å². The van der Waals surface area contributed by atoms with Gasteiger partial charge in [0.1, 0.15) is 0 Å². The molecule has 0 aromatic heterocycles. The Kier molecular flexibility index (Phi) is 5.55. The smallest absolute Gasteiger partial charge is 0.311 e. The molecule has 1 atom stereocenters. The minimum Gasteiger partial charge on any atom is -0.490 e. The lowest BCUT2D eigenvalue weighted by atomic mass is 9.89. The Morgan fingerprint density at radius 2 is 2.14 bits per heavy atom. The Labute approximate surface area is 166 Å². The maximum Gasteiger partial charge on any atom is 0.311 e. The third kappa shape index (κ3) is 4.09. The maximum absolute atomic E-state index is 12.6. The van der Waals surface area contributed by atoms with Crippen molar-refractivity contribution in [3.05, 3.63) is 63.7 Å². The summed E-state index contributed by atoms with van der Waals surface area (Å²) in [6.07, 6.45) is 0.834. The predicted octanol–water partition coefficient (Wildman–Crippen LogP) is 3.52. The summed E-state index contributed by atoms with van der Waals surface area (Å²) in [4.78, 5) is 27.7. The molecule has 8 nitrogen and oxygen atoms in total. The molecule has 0 bridgehead atoms. The van der Waals surface area contributed by atoms with Gasteiger partial charge in [0.25, 0.3) is 5.91 Å². The first kappa shape index (κ1) is 19.7. The summed E-state index contributed by atoms with van der Waals surface area (Å²) in [6.45, 7) is 2.01. The summed E-state index contributed by atoms with van der Waals surface area (Å²) in [7, 11) is 1.34. The number of methoxy groups -OCH3 is 1. The maximum atomic E-state index is 12.6. The quantitative estimate of drug-likeness (QED) is 0.585. The first-order chi connectivity index (χ1) is 13.3. The van der Waals surface area contributed by atoms with Gasteiger partial charge in [-0.25, -0.2) is 0 Å². The molecule has 1 aliphatic heterocycles. The lowest BCUT2D eigenvalue weighted by molar-refractivity contribution is -0.385. The second-order valence-electron chi connectivity index (χ2n) is 6.50. The number of nitro benzene ring substituents is 1. The van der Waals surface area contributed by atoms with Crippen LogP contribution in [0.2, 0.25) is 0 Å². The highest BCUT2D eigenvalue weighted by Crippen LogP contribution is 2.36. The number of benzene rings is 2. The van der Waals surface area contributed by atoms with Crippen molar-refractivity contribution in [1.29, 1.82) is 0 Å². The van der Waals surface area contributed by atoms with E-state index in [1.807, 2.05) is 25.1 Å². The zero-order chi connectivity index (χ0) is 20.3. The van der Waals surface area contributed by atoms with Crippen LogP contribution in [-0.4, -0.2) is 28.9 Å². The average molecular weight is 400 g/mol. The van der Waals surface area contributed by atoms with Crippen LogP contribution in [0.25, 0.3) is 0 Å². The van der Waals surface area contributed by atoms with Crippen LogP contribution in [-0.2, 0) is 5.54 Å². The highest BCUT2D eigenvalue weighted by Gasteiger charge is 2.29. The number of carbonyl (C=O) groups excluding carboxylic acids is 1. The number of aliphatic imine (C=N–C) groups is 1. The zero-order valence-corrected chi connectivity index (χ0v) is 16.3. The summed E-state index contributed by atoms with van der Waals surface area (Å²) in [5.74, 6) is 0.523. The van der Waals surface area contributed by atoms with Crippen molar-refractivity contribution in [2.75, 3.05) is 18.2 Å². The van der Waals surface area contributed by atoms with Crippen LogP contribution < -0.4 is 15.8 Å². The molecule has 3 rings (SSSR count). The standard InChI is InChI=1S/C19H20N4O4S/c1-19(8-9-28-18(20)22-19)13-4-3-5-14(11-13)21-17(24)12-6-7-16(27-2)15(10-12)23(25)26/h3-7,10-11H,8-9H2,1-2H3,(H2,20,22)(H,21,24). The minimum atomic E-state index is -0.583. The van der Waals surface area contributed by atoms with Gasteiger partial charge in [-0.1, -0.05) is 23.9 Å². The average Bonchev–Trinajstić information content (AvgIpc) is 2.67. The molecule has 2 aromatic carbocycles. The van der Waals surface area contributed by atoms with Crippen molar-refractivity contribution in [1.82, 2.24) is 0 Å². The lowest BCUT2D eigenvalue weighted by Gasteiger charge is -2.30. The molecule has 1 aliphatic rings. The number of anilines is 1. The third-order valence-electron chi connectivity index (χ3n) is 4.58. The van der Waals surface area contributed by atoms with Crippen LogP contribution in [0.15, 0.2) is 47.5 Å². The fourth-order valence-electron chi connectivity index (χ4n) is 3.00. The number of amides is 1. The predicted molar refractivity (Wildman–Crippen MR) is 110 cm³/mol. The lowest BCUT2D eigenvalue weighted by Crippen LogP contribution is -2.28. The Morgan fingerprint density at radius 1 is 1.36 bits per heavy atom. The molecule has 0 radical (unpaired) electrons. The molecule has 2 aromatic rings. The summed E-state index contributed by atoms with van der Waals surface area (Å²) in [5, 5.41) is 14.5. The van der Waals surface area contributed by atoms with E-state index in [-0.39, 0.29) is 17.0 Å². The van der Waals surface area contributed by atoms with Crippen molar-refractivity contribution in [2.45, 2.75) is 18.9 Å². The van der Waals surface area contributed by atoms with E-state index >= 15 is 0 Å². The molecule has 0 aliphatic carbocycles. The van der Waals surface area contributed by atoms with E-state index in [2.05, 4.69) is 10.3 Å². The van der Waals surface area contributed by atoms with Crippen LogP contribution in [0, 0.1) is 10.1 Å². The number of nitrogens with one attached hydrogen (secondary N) is 1. The van der Waals surface area contributed by atoms with Crippen molar-refractivity contribution in [3.8, 4) is 5.75 Å². The molecule has 146 valence electrons. The highest BCUT2D eigenvalue weighted by atomic mass is 32.2. The highest BCUT2D eigenvalue weighted by molar-refractivity contribution is 8.13. The number of nitrogens with zero attached hydrogens (tertiary/aromatic N) is 2. The van der Waals surface area contributed by atoms with Crippen LogP contribution >= 0.6 is 11.8 Å². The summed E-state index contributed by atoms with van der Waals surface area (Å²) < 4.78 is 4.96. The number of amidine groups is 1. The Hall–Kier alpha value is -3.07. The van der Waals surface area contributed by atoms with Gasteiger partial charge in [-0.2, -0.15) is 0 Å². The number of nitrogens with two attached hydrogens (primary N) is 1. The fourth-order valence-corrected chi connectivity index (χ4v) is 3.98. The van der Waals surface area contributed by atoms with E-state index in [4.69, 9.17) is 10.5 Å². The molecular formula is C19H20N4O4S. The molecule has 0 fully saturated rings. The Morgan fingerprint density at radius 3 is 2.82 bits per heavy atom. The van der Waals surface area contributed by atoms with Crippen LogP contribution in [0.1, 0.15) is 29.3 Å². The number of nitro groups is 1. The van der Waals surface area contributed by atoms with E-state index in [9.17, 15) is 14.9 Å². The van der Waals surface area contributed by atoms with Gasteiger partial charge in [-0.05, 0) is 43.2 Å². The first-order valence-corrected chi connectivity index (χ1v) is 9.53. The molecule has 0 spiro atoms. The monoisotopic (exact) mass is 400 g/mol. The number of hydrogen-bond donors (Lipinski definition) is 2. The second-order valence-corrected chi connectivity index (χ2v) is 7.62. The number of rotatable bonds is 5. The molecule has 1 amide bonds. The van der Waals surface area contributed by atoms with Crippen LogP contribution in [0.3, 0.4) is 0 Å². The molecule has 9 heteroatoms. The van der Waals surface area contributed by atoms with Crippen LogP contribution in [0.5, 0.6) is 5.75 Å². The summed E-state index contributed by atoms with van der Waals surface area (Å²) >= 11 is 1.53. The van der Waals surface area contributed by atoms with Crippen molar-refractivity contribution in [2.24, 2.45) is 10.7 Å². The van der Waals surface area contributed by atoms with E-state index in [0.717, 1.165) is 17.7 Å². The molecule has 28 heavy (non-hydrogen) atoms. The first-order valence-electron chi connectivity index (χ1n) is 8.55. The van der Waals surface area contributed by atoms with Crippen LogP contribution in [0.4, 0.5) is 11.4 Å².